The maximum atomic E-state index is 12.4. The molecule has 2 aliphatic heterocycles. The predicted molar refractivity (Wildman–Crippen MR) is 78.2 cm³/mol. The number of amides is 3. The molecule has 0 aromatic rings. The van der Waals surface area contributed by atoms with Crippen LogP contribution in [0.25, 0.3) is 0 Å². The third kappa shape index (κ3) is 2.91. The van der Waals surface area contributed by atoms with Gasteiger partial charge in [-0.25, -0.2) is 17.5 Å². The maximum Gasteiger partial charge on any atom is 0.325 e. The van der Waals surface area contributed by atoms with Gasteiger partial charge in [-0.3, -0.25) is 9.69 Å². The molecule has 3 amide bonds. The first-order chi connectivity index (χ1) is 9.86. The van der Waals surface area contributed by atoms with Gasteiger partial charge in [0.15, 0.2) is 0 Å². The molecule has 2 aliphatic rings. The number of nitrogens with one attached hydrogen (secondary N) is 1. The summed E-state index contributed by atoms with van der Waals surface area (Å²) in [6.07, 6.45) is 1.98. The molecule has 0 atom stereocenters. The van der Waals surface area contributed by atoms with Gasteiger partial charge < -0.3 is 5.32 Å². The van der Waals surface area contributed by atoms with Gasteiger partial charge in [-0.2, -0.15) is 0 Å². The third-order valence-electron chi connectivity index (χ3n) is 4.12. The maximum absolute atomic E-state index is 12.4. The molecule has 0 unspecified atom stereocenters. The minimum absolute atomic E-state index is 0.127. The van der Waals surface area contributed by atoms with Gasteiger partial charge in [0.1, 0.15) is 5.54 Å². The van der Waals surface area contributed by atoms with Crippen molar-refractivity contribution in [3.05, 3.63) is 0 Å². The largest absolute Gasteiger partial charge is 0.325 e. The van der Waals surface area contributed by atoms with E-state index in [1.165, 1.54) is 9.21 Å². The highest BCUT2D eigenvalue weighted by atomic mass is 32.2. The molecule has 120 valence electrons. The van der Waals surface area contributed by atoms with Crippen molar-refractivity contribution in [1.82, 2.24) is 14.5 Å². The zero-order chi connectivity index (χ0) is 15.7. The van der Waals surface area contributed by atoms with E-state index in [1.54, 1.807) is 0 Å². The van der Waals surface area contributed by atoms with Gasteiger partial charge in [0.25, 0.3) is 5.91 Å². The fourth-order valence-electron chi connectivity index (χ4n) is 2.97. The first-order valence-electron chi connectivity index (χ1n) is 7.48. The van der Waals surface area contributed by atoms with Gasteiger partial charge in [0.05, 0.1) is 5.75 Å². The molecule has 1 spiro atoms. The molecule has 21 heavy (non-hydrogen) atoms. The van der Waals surface area contributed by atoms with Crippen molar-refractivity contribution in [2.75, 3.05) is 25.4 Å². The van der Waals surface area contributed by atoms with Gasteiger partial charge in [-0.05, 0) is 25.7 Å². The monoisotopic (exact) mass is 317 g/mol. The van der Waals surface area contributed by atoms with Crippen LogP contribution in [0.1, 0.15) is 39.5 Å². The summed E-state index contributed by atoms with van der Waals surface area (Å²) < 4.78 is 25.5. The average Bonchev–Trinajstić information content (AvgIpc) is 2.64. The van der Waals surface area contributed by atoms with E-state index in [4.69, 9.17) is 0 Å². The quantitative estimate of drug-likeness (QED) is 0.749. The molecule has 2 rings (SSSR count). The second kappa shape index (κ2) is 5.92. The molecule has 0 radical (unpaired) electrons. The highest BCUT2D eigenvalue weighted by Crippen LogP contribution is 2.30. The molecule has 0 aliphatic carbocycles. The molecule has 0 saturated carbocycles. The Hall–Kier alpha value is -1.15. The fourth-order valence-corrected chi connectivity index (χ4v) is 4.49. The molecule has 2 heterocycles. The summed E-state index contributed by atoms with van der Waals surface area (Å²) in [4.78, 5) is 25.6. The fraction of sp³-hybridized carbons (Fsp3) is 0.846. The van der Waals surface area contributed by atoms with Gasteiger partial charge >= 0.3 is 6.03 Å². The van der Waals surface area contributed by atoms with Crippen molar-refractivity contribution in [2.45, 2.75) is 45.1 Å². The molecule has 7 nitrogen and oxygen atoms in total. The van der Waals surface area contributed by atoms with Crippen LogP contribution in [0.15, 0.2) is 0 Å². The second-order valence-electron chi connectivity index (χ2n) is 5.68. The molecule has 0 aromatic heterocycles. The molecule has 0 bridgehead atoms. The smallest absolute Gasteiger partial charge is 0.323 e. The number of rotatable bonds is 5. The van der Waals surface area contributed by atoms with Crippen LogP contribution in [0, 0.1) is 0 Å². The molecule has 2 fully saturated rings. The van der Waals surface area contributed by atoms with Crippen molar-refractivity contribution in [3.8, 4) is 0 Å². The lowest BCUT2D eigenvalue weighted by Crippen LogP contribution is -2.56. The van der Waals surface area contributed by atoms with Gasteiger partial charge in [-0.15, -0.1) is 0 Å². The number of hydrogen-bond donors (Lipinski definition) is 1. The number of hydrogen-bond acceptors (Lipinski definition) is 4. The Bertz CT molecular complexity index is 524. The third-order valence-corrected chi connectivity index (χ3v) is 6.20. The minimum atomic E-state index is -3.24. The SMILES string of the molecule is CCCN1C(=O)NC2(CCN(S(=O)(=O)CCC)CC2)C1=O. The number of piperidine rings is 1. The minimum Gasteiger partial charge on any atom is -0.323 e. The van der Waals surface area contributed by atoms with Crippen LogP contribution in [0.3, 0.4) is 0 Å². The van der Waals surface area contributed by atoms with Crippen molar-refractivity contribution < 1.29 is 18.0 Å². The standard InChI is InChI=1S/C13H23N3O4S/c1-3-7-16-11(17)13(14-12(16)18)5-8-15(9-6-13)21(19,20)10-4-2/h3-10H2,1-2H3,(H,14,18). The summed E-state index contributed by atoms with van der Waals surface area (Å²) in [5.41, 5.74) is -0.898. The zero-order valence-electron chi connectivity index (χ0n) is 12.6. The van der Waals surface area contributed by atoms with Crippen molar-refractivity contribution in [1.29, 1.82) is 0 Å². The summed E-state index contributed by atoms with van der Waals surface area (Å²) in [5.74, 6) is -0.0793. The van der Waals surface area contributed by atoms with Crippen LogP contribution < -0.4 is 5.32 Å². The summed E-state index contributed by atoms with van der Waals surface area (Å²) >= 11 is 0. The van der Waals surface area contributed by atoms with Crippen LogP contribution >= 0.6 is 0 Å². The number of sulfonamides is 1. The van der Waals surface area contributed by atoms with Crippen LogP contribution in [0.4, 0.5) is 4.79 Å². The highest BCUT2D eigenvalue weighted by Gasteiger charge is 2.52. The number of carbonyl (C=O) groups is 2. The van der Waals surface area contributed by atoms with E-state index in [9.17, 15) is 18.0 Å². The van der Waals surface area contributed by atoms with E-state index in [0.29, 0.717) is 32.2 Å². The Morgan fingerprint density at radius 2 is 1.76 bits per heavy atom. The summed E-state index contributed by atoms with van der Waals surface area (Å²) in [6.45, 7) is 4.71. The number of nitrogens with zero attached hydrogens (tertiary/aromatic N) is 2. The molecular weight excluding hydrogens is 294 g/mol. The van der Waals surface area contributed by atoms with Gasteiger partial charge in [-0.1, -0.05) is 13.8 Å². The van der Waals surface area contributed by atoms with Gasteiger partial charge in [0, 0.05) is 19.6 Å². The second-order valence-corrected chi connectivity index (χ2v) is 7.77. The van der Waals surface area contributed by atoms with Crippen LogP contribution in [0.2, 0.25) is 0 Å². The van der Waals surface area contributed by atoms with E-state index in [2.05, 4.69) is 5.32 Å². The lowest BCUT2D eigenvalue weighted by molar-refractivity contribution is -0.132. The van der Waals surface area contributed by atoms with E-state index < -0.39 is 15.6 Å². The lowest BCUT2D eigenvalue weighted by Gasteiger charge is -2.36. The van der Waals surface area contributed by atoms with Crippen molar-refractivity contribution in [2.24, 2.45) is 0 Å². The first-order valence-corrected chi connectivity index (χ1v) is 9.09. The summed E-state index contributed by atoms with van der Waals surface area (Å²) in [7, 11) is -3.24. The predicted octanol–water partition coefficient (Wildman–Crippen LogP) is 0.523. The Morgan fingerprint density at radius 1 is 1.14 bits per heavy atom. The molecule has 8 heteroatoms. The van der Waals surface area contributed by atoms with E-state index in [1.807, 2.05) is 13.8 Å². The number of imide groups is 1. The van der Waals surface area contributed by atoms with E-state index in [-0.39, 0.29) is 30.8 Å². The normalized spacial score (nSPS) is 22.9. The highest BCUT2D eigenvalue weighted by molar-refractivity contribution is 7.89. The van der Waals surface area contributed by atoms with Crippen LogP contribution in [-0.4, -0.2) is 60.5 Å². The van der Waals surface area contributed by atoms with Crippen molar-refractivity contribution >= 4 is 22.0 Å². The van der Waals surface area contributed by atoms with Crippen LogP contribution in [0.5, 0.6) is 0 Å². The lowest BCUT2D eigenvalue weighted by atomic mass is 9.88. The molecular formula is C13H23N3O4S. The van der Waals surface area contributed by atoms with Gasteiger partial charge in [0.2, 0.25) is 10.0 Å². The summed E-state index contributed by atoms with van der Waals surface area (Å²) in [6, 6.07) is -0.355. The Labute approximate surface area is 125 Å². The topological polar surface area (TPSA) is 86.8 Å². The van der Waals surface area contributed by atoms with Crippen molar-refractivity contribution in [3.63, 3.8) is 0 Å². The van der Waals surface area contributed by atoms with E-state index in [0.717, 1.165) is 0 Å². The number of urea groups is 1. The Balaban J connectivity index is 2.07. The Morgan fingerprint density at radius 3 is 2.29 bits per heavy atom. The zero-order valence-corrected chi connectivity index (χ0v) is 13.4. The molecule has 0 aromatic carbocycles. The summed E-state index contributed by atoms with van der Waals surface area (Å²) in [5, 5.41) is 2.77. The Kier molecular flexibility index (Phi) is 4.57. The average molecular weight is 317 g/mol. The first kappa shape index (κ1) is 16.2. The number of carbonyl (C=O) groups excluding carboxylic acids is 2. The van der Waals surface area contributed by atoms with Crippen LogP contribution in [-0.2, 0) is 14.8 Å². The molecule has 2 saturated heterocycles. The molecule has 1 N–H and O–H groups in total. The van der Waals surface area contributed by atoms with E-state index >= 15 is 0 Å².